The second-order valence-electron chi connectivity index (χ2n) is 20.8. The topological polar surface area (TPSA) is 0 Å². The fourth-order valence-corrected chi connectivity index (χ4v) is 13.4. The Bertz CT molecular complexity index is 3610. The molecule has 0 fully saturated rings. The molecule has 0 bridgehead atoms. The molecule has 0 saturated heterocycles. The number of hydrogen-bond acceptors (Lipinski definition) is 0. The van der Waals surface area contributed by atoms with E-state index in [2.05, 4.69) is 258 Å². The standard InChI is InChI=1S/C66H54Si2/c1-67(2,3)47-29-25-45(26-30-47)61-41-63(55-35-33-49(43-17-9-7-10-18-43)51-21-13-15-23-53(51)55)59-40-38-58-62(46-27-31-48(32-28-46)68(4,5)6)42-64(60-39-37-57(61)65(59)66(58)60)56-36-34-50(44-19-11-8-12-20-44)52-22-14-16-24-54(52)56/h7-42H,1-6H3. The third-order valence-corrected chi connectivity index (χ3v) is 18.8. The highest BCUT2D eigenvalue weighted by molar-refractivity contribution is 6.89. The van der Waals surface area contributed by atoms with Gasteiger partial charge in [0.2, 0.25) is 0 Å². The monoisotopic (exact) mass is 902 g/mol. The normalized spacial score (nSPS) is 12.3. The van der Waals surface area contributed by atoms with Crippen molar-refractivity contribution in [3.63, 3.8) is 0 Å². The van der Waals surface area contributed by atoms with E-state index in [9.17, 15) is 0 Å². The van der Waals surface area contributed by atoms with E-state index in [1.54, 1.807) is 0 Å². The number of benzene rings is 12. The molecule has 0 saturated carbocycles. The largest absolute Gasteiger partial charge is 0.0775 e. The first kappa shape index (κ1) is 42.0. The molecule has 0 heterocycles. The van der Waals surface area contributed by atoms with E-state index in [4.69, 9.17) is 0 Å². The maximum absolute atomic E-state index is 2.50. The molecule has 12 rings (SSSR count). The average Bonchev–Trinajstić information content (AvgIpc) is 3.37. The molecule has 12 aromatic rings. The van der Waals surface area contributed by atoms with Crippen molar-refractivity contribution in [1.29, 1.82) is 0 Å². The zero-order valence-corrected chi connectivity index (χ0v) is 41.8. The summed E-state index contributed by atoms with van der Waals surface area (Å²) in [5.41, 5.74) is 15.0. The van der Waals surface area contributed by atoms with Gasteiger partial charge in [0.1, 0.15) is 0 Å². The SMILES string of the molecule is C[Si](C)(C)c1ccc(-c2cc(-c3ccc(-c4ccccc4)c4ccccc34)c3ccc4c(-c5ccc([Si](C)(C)C)cc5)cc(-c5ccc(-c6ccccc6)c6ccccc56)c5ccc2c3c45)cc1. The number of hydrogen-bond donors (Lipinski definition) is 0. The van der Waals surface area contributed by atoms with Crippen LogP contribution in [-0.2, 0) is 0 Å². The van der Waals surface area contributed by atoms with Crippen LogP contribution in [0.25, 0.3) is 121 Å². The Morgan fingerprint density at radius 2 is 0.485 bits per heavy atom. The van der Waals surface area contributed by atoms with E-state index >= 15 is 0 Å². The zero-order chi connectivity index (χ0) is 46.3. The molecule has 0 N–H and O–H groups in total. The quantitative estimate of drug-likeness (QED) is 0.105. The maximum atomic E-state index is 2.50. The highest BCUT2D eigenvalue weighted by atomic mass is 28.3. The second-order valence-corrected chi connectivity index (χ2v) is 31.0. The smallest absolute Gasteiger partial charge is 0.0656 e. The molecular weight excluding hydrogens is 849 g/mol. The minimum Gasteiger partial charge on any atom is -0.0656 e. The van der Waals surface area contributed by atoms with Gasteiger partial charge >= 0.3 is 0 Å². The van der Waals surface area contributed by atoms with Crippen molar-refractivity contribution in [2.75, 3.05) is 0 Å². The van der Waals surface area contributed by atoms with Crippen molar-refractivity contribution in [3.05, 3.63) is 218 Å². The van der Waals surface area contributed by atoms with Crippen molar-refractivity contribution in [2.45, 2.75) is 39.3 Å². The first-order valence-corrected chi connectivity index (χ1v) is 31.2. The molecule has 12 aromatic carbocycles. The van der Waals surface area contributed by atoms with Crippen LogP contribution in [0, 0.1) is 0 Å². The van der Waals surface area contributed by atoms with Gasteiger partial charge in [0.15, 0.2) is 0 Å². The minimum absolute atomic E-state index is 1.23. The summed E-state index contributed by atoms with van der Waals surface area (Å²) in [6.07, 6.45) is 0. The summed E-state index contributed by atoms with van der Waals surface area (Å²) >= 11 is 0. The minimum atomic E-state index is -1.52. The molecule has 0 aliphatic carbocycles. The molecule has 0 atom stereocenters. The highest BCUT2D eigenvalue weighted by Crippen LogP contribution is 2.50. The molecule has 0 unspecified atom stereocenters. The molecule has 0 amide bonds. The maximum Gasteiger partial charge on any atom is 0.0775 e. The van der Waals surface area contributed by atoms with Crippen LogP contribution in [0.3, 0.4) is 0 Å². The molecule has 0 nitrogen and oxygen atoms in total. The Balaban J connectivity index is 1.21. The van der Waals surface area contributed by atoms with Gasteiger partial charge in [-0.2, -0.15) is 0 Å². The molecule has 326 valence electrons. The lowest BCUT2D eigenvalue weighted by Crippen LogP contribution is -2.37. The van der Waals surface area contributed by atoms with Gasteiger partial charge in [0.05, 0.1) is 16.1 Å². The summed E-state index contributed by atoms with van der Waals surface area (Å²) < 4.78 is 0. The molecule has 0 radical (unpaired) electrons. The Hall–Kier alpha value is -7.37. The second kappa shape index (κ2) is 16.2. The summed E-state index contributed by atoms with van der Waals surface area (Å²) in [5, 5.41) is 15.8. The fraction of sp³-hybridized carbons (Fsp3) is 0.0909. The van der Waals surface area contributed by atoms with Gasteiger partial charge in [-0.1, -0.05) is 256 Å². The highest BCUT2D eigenvalue weighted by Gasteiger charge is 2.24. The predicted octanol–water partition coefficient (Wildman–Crippen LogP) is 18.0. The van der Waals surface area contributed by atoms with Crippen molar-refractivity contribution >= 4 is 80.4 Å². The predicted molar refractivity (Wildman–Crippen MR) is 304 cm³/mol. The third-order valence-electron chi connectivity index (χ3n) is 14.6. The molecule has 0 aliphatic heterocycles. The summed E-state index contributed by atoms with van der Waals surface area (Å²) in [5.74, 6) is 0. The van der Waals surface area contributed by atoms with Crippen LogP contribution < -0.4 is 10.4 Å². The van der Waals surface area contributed by atoms with Crippen molar-refractivity contribution in [1.82, 2.24) is 0 Å². The summed E-state index contributed by atoms with van der Waals surface area (Å²) in [6.45, 7) is 14.6. The van der Waals surface area contributed by atoms with Crippen LogP contribution in [0.1, 0.15) is 0 Å². The lowest BCUT2D eigenvalue weighted by atomic mass is 9.80. The Labute approximate surface area is 402 Å². The van der Waals surface area contributed by atoms with E-state index in [1.165, 1.54) is 131 Å². The van der Waals surface area contributed by atoms with Crippen molar-refractivity contribution in [3.8, 4) is 66.8 Å². The first-order chi connectivity index (χ1) is 33.0. The van der Waals surface area contributed by atoms with E-state index in [-0.39, 0.29) is 0 Å². The summed E-state index contributed by atoms with van der Waals surface area (Å²) in [4.78, 5) is 0. The van der Waals surface area contributed by atoms with E-state index in [1.807, 2.05) is 0 Å². The zero-order valence-electron chi connectivity index (χ0n) is 39.8. The van der Waals surface area contributed by atoms with Gasteiger partial charge < -0.3 is 0 Å². The van der Waals surface area contributed by atoms with Crippen molar-refractivity contribution < 1.29 is 0 Å². The molecule has 0 aromatic heterocycles. The molecule has 68 heavy (non-hydrogen) atoms. The van der Waals surface area contributed by atoms with Crippen LogP contribution in [0.2, 0.25) is 39.3 Å². The van der Waals surface area contributed by atoms with Gasteiger partial charge in [0, 0.05) is 0 Å². The van der Waals surface area contributed by atoms with E-state index < -0.39 is 16.1 Å². The van der Waals surface area contributed by atoms with Crippen LogP contribution in [0.15, 0.2) is 218 Å². The summed E-state index contributed by atoms with van der Waals surface area (Å²) in [6, 6.07) is 83.0. The third kappa shape index (κ3) is 7.01. The Morgan fingerprint density at radius 3 is 0.824 bits per heavy atom. The molecule has 2 heteroatoms. The van der Waals surface area contributed by atoms with Crippen molar-refractivity contribution in [2.24, 2.45) is 0 Å². The lowest BCUT2D eigenvalue weighted by molar-refractivity contribution is 1.62. The van der Waals surface area contributed by atoms with Gasteiger partial charge in [-0.05, 0) is 133 Å². The Kier molecular flexibility index (Phi) is 9.99. The van der Waals surface area contributed by atoms with Crippen LogP contribution in [0.4, 0.5) is 0 Å². The van der Waals surface area contributed by atoms with Crippen LogP contribution >= 0.6 is 0 Å². The van der Waals surface area contributed by atoms with Crippen LogP contribution in [0.5, 0.6) is 0 Å². The molecule has 0 aliphatic rings. The summed E-state index contributed by atoms with van der Waals surface area (Å²) in [7, 11) is -3.05. The first-order valence-electron chi connectivity index (χ1n) is 24.2. The van der Waals surface area contributed by atoms with Gasteiger partial charge in [0.25, 0.3) is 0 Å². The average molecular weight is 903 g/mol. The van der Waals surface area contributed by atoms with Crippen LogP contribution in [-0.4, -0.2) is 16.1 Å². The number of rotatable bonds is 8. The van der Waals surface area contributed by atoms with Gasteiger partial charge in [-0.3, -0.25) is 0 Å². The fourth-order valence-electron chi connectivity index (χ4n) is 11.0. The number of fused-ring (bicyclic) bond motifs is 2. The van der Waals surface area contributed by atoms with Gasteiger partial charge in [-0.15, -0.1) is 0 Å². The molecular formula is C66H54Si2. The molecule has 0 spiro atoms. The van der Waals surface area contributed by atoms with Gasteiger partial charge in [-0.25, -0.2) is 0 Å². The van der Waals surface area contributed by atoms with E-state index in [0.29, 0.717) is 0 Å². The lowest BCUT2D eigenvalue weighted by Gasteiger charge is -2.23. The van der Waals surface area contributed by atoms with E-state index in [0.717, 1.165) is 0 Å². The Morgan fingerprint density at radius 1 is 0.206 bits per heavy atom.